The molecule has 0 aliphatic carbocycles. The molecule has 2 atom stereocenters. The molecule has 2 unspecified atom stereocenters. The Morgan fingerprint density at radius 2 is 1.88 bits per heavy atom. The number of esters is 1. The molecule has 2 aliphatic rings. The number of benzene rings is 2. The number of hydrogen-bond acceptors (Lipinski definition) is 6. The number of nitrogens with zero attached hydrogens (tertiary/aromatic N) is 1. The molecule has 1 N–H and O–H groups in total. The van der Waals surface area contributed by atoms with Gasteiger partial charge in [0.15, 0.2) is 5.76 Å². The molecule has 0 saturated carbocycles. The second kappa shape index (κ2) is 8.79. The lowest BCUT2D eigenvalue weighted by molar-refractivity contribution is 0.0600. The van der Waals surface area contributed by atoms with E-state index in [4.69, 9.17) is 9.47 Å². The van der Waals surface area contributed by atoms with Gasteiger partial charge in [-0.25, -0.2) is 4.79 Å². The Kier molecular flexibility index (Phi) is 6.07. The van der Waals surface area contributed by atoms with Crippen molar-refractivity contribution in [3.8, 4) is 11.5 Å². The maximum absolute atomic E-state index is 13.1. The van der Waals surface area contributed by atoms with Crippen LogP contribution in [0.1, 0.15) is 57.7 Å². The van der Waals surface area contributed by atoms with Gasteiger partial charge >= 0.3 is 5.97 Å². The summed E-state index contributed by atoms with van der Waals surface area (Å²) in [7, 11) is 1.33. The highest BCUT2D eigenvalue weighted by molar-refractivity contribution is 6.15. The van der Waals surface area contributed by atoms with Gasteiger partial charge in [-0.15, -0.1) is 0 Å². The first kappa shape index (κ1) is 22.1. The molecule has 2 aliphatic heterocycles. The number of likely N-dealkylation sites (tertiary alicyclic amines) is 1. The molecule has 6 heteroatoms. The molecule has 2 heterocycles. The lowest BCUT2D eigenvalue weighted by Gasteiger charge is -2.35. The molecule has 32 heavy (non-hydrogen) atoms. The van der Waals surface area contributed by atoms with Crippen molar-refractivity contribution in [2.75, 3.05) is 20.2 Å². The van der Waals surface area contributed by atoms with Gasteiger partial charge in [0.1, 0.15) is 11.5 Å². The standard InChI is InChI=1S/C26H29NO5/c1-15-9-16(2)13-27(12-15)14-20-21(28)10-17(3)23-24(29)22(32-25(20)23)11-18-5-7-19(8-6-18)26(30)31-4/h5-8,10-11,15-16,28H,9,12-14H2,1-4H3/b22-11+. The highest BCUT2D eigenvalue weighted by Crippen LogP contribution is 2.42. The zero-order valence-corrected chi connectivity index (χ0v) is 19.0. The van der Waals surface area contributed by atoms with E-state index in [-0.39, 0.29) is 17.3 Å². The van der Waals surface area contributed by atoms with Crippen molar-refractivity contribution < 1.29 is 24.2 Å². The summed E-state index contributed by atoms with van der Waals surface area (Å²) in [5.41, 5.74) is 3.02. The van der Waals surface area contributed by atoms with Gasteiger partial charge in [-0.05, 0) is 60.6 Å². The van der Waals surface area contributed by atoms with Crippen molar-refractivity contribution in [3.05, 3.63) is 63.9 Å². The van der Waals surface area contributed by atoms with E-state index in [1.165, 1.54) is 13.5 Å². The van der Waals surface area contributed by atoms with Gasteiger partial charge in [-0.2, -0.15) is 0 Å². The summed E-state index contributed by atoms with van der Waals surface area (Å²) in [6.45, 7) is 8.74. The minimum atomic E-state index is -0.415. The van der Waals surface area contributed by atoms with E-state index >= 15 is 0 Å². The number of aromatic hydroxyl groups is 1. The summed E-state index contributed by atoms with van der Waals surface area (Å²) >= 11 is 0. The Morgan fingerprint density at radius 1 is 1.22 bits per heavy atom. The SMILES string of the molecule is COC(=O)c1ccc(/C=C2/Oc3c(CN4CC(C)CC(C)C4)c(O)cc(C)c3C2=O)cc1. The van der Waals surface area contributed by atoms with Crippen LogP contribution in [-0.2, 0) is 11.3 Å². The van der Waals surface area contributed by atoms with Gasteiger partial charge in [0, 0.05) is 19.6 Å². The third-order valence-corrected chi connectivity index (χ3v) is 6.18. The molecule has 1 fully saturated rings. The molecule has 2 aromatic rings. The maximum Gasteiger partial charge on any atom is 0.337 e. The highest BCUT2D eigenvalue weighted by atomic mass is 16.5. The number of hydrogen-bond donors (Lipinski definition) is 1. The second-order valence-electron chi connectivity index (χ2n) is 9.09. The minimum Gasteiger partial charge on any atom is -0.507 e. The van der Waals surface area contributed by atoms with Crippen LogP contribution in [0.3, 0.4) is 0 Å². The van der Waals surface area contributed by atoms with Crippen LogP contribution in [0.15, 0.2) is 36.1 Å². The summed E-state index contributed by atoms with van der Waals surface area (Å²) in [6.07, 6.45) is 2.86. The van der Waals surface area contributed by atoms with Gasteiger partial charge in [-0.1, -0.05) is 26.0 Å². The molecule has 0 radical (unpaired) electrons. The Hall–Kier alpha value is -3.12. The van der Waals surface area contributed by atoms with Crippen molar-refractivity contribution in [1.82, 2.24) is 4.90 Å². The number of ether oxygens (including phenoxy) is 2. The van der Waals surface area contributed by atoms with Gasteiger partial charge in [0.05, 0.1) is 23.8 Å². The molecule has 4 rings (SSSR count). The monoisotopic (exact) mass is 435 g/mol. The zero-order valence-electron chi connectivity index (χ0n) is 19.0. The third kappa shape index (κ3) is 4.28. The maximum atomic E-state index is 13.1. The average molecular weight is 436 g/mol. The molecule has 2 aromatic carbocycles. The number of fused-ring (bicyclic) bond motifs is 1. The molecule has 0 amide bonds. The van der Waals surface area contributed by atoms with Gasteiger partial charge < -0.3 is 14.6 Å². The molecule has 0 spiro atoms. The fraction of sp³-hybridized carbons (Fsp3) is 0.385. The Morgan fingerprint density at radius 3 is 2.50 bits per heavy atom. The molecule has 0 bridgehead atoms. The van der Waals surface area contributed by atoms with Crippen LogP contribution in [0.4, 0.5) is 0 Å². The Bertz CT molecular complexity index is 1080. The Balaban J connectivity index is 1.64. The fourth-order valence-corrected chi connectivity index (χ4v) is 4.86. The van der Waals surface area contributed by atoms with E-state index in [9.17, 15) is 14.7 Å². The van der Waals surface area contributed by atoms with Crippen molar-refractivity contribution in [2.24, 2.45) is 11.8 Å². The third-order valence-electron chi connectivity index (χ3n) is 6.18. The van der Waals surface area contributed by atoms with Crippen LogP contribution in [0.5, 0.6) is 11.5 Å². The number of ketones is 1. The summed E-state index contributed by atoms with van der Waals surface area (Å²) in [5.74, 6) is 1.38. The van der Waals surface area contributed by atoms with Crippen LogP contribution in [0, 0.1) is 18.8 Å². The first-order chi connectivity index (χ1) is 15.3. The number of Topliss-reactive ketones (excluding diaryl/α,β-unsaturated/α-hetero) is 1. The van der Waals surface area contributed by atoms with Gasteiger partial charge in [0.2, 0.25) is 5.78 Å². The molecule has 0 aromatic heterocycles. The number of phenols is 1. The van der Waals surface area contributed by atoms with E-state index < -0.39 is 5.97 Å². The fourth-order valence-electron chi connectivity index (χ4n) is 4.86. The number of carbonyl (C=O) groups is 2. The highest BCUT2D eigenvalue weighted by Gasteiger charge is 2.34. The number of allylic oxidation sites excluding steroid dienone is 1. The average Bonchev–Trinajstić information content (AvgIpc) is 3.07. The van der Waals surface area contributed by atoms with E-state index in [2.05, 4.69) is 18.7 Å². The van der Waals surface area contributed by atoms with E-state index in [1.54, 1.807) is 36.4 Å². The first-order valence-electron chi connectivity index (χ1n) is 11.0. The summed E-state index contributed by atoms with van der Waals surface area (Å²) in [6, 6.07) is 8.42. The number of methoxy groups -OCH3 is 1. The van der Waals surface area contributed by atoms with Gasteiger partial charge in [0.25, 0.3) is 0 Å². The van der Waals surface area contributed by atoms with Crippen LogP contribution < -0.4 is 4.74 Å². The quantitative estimate of drug-likeness (QED) is 0.560. The van der Waals surface area contributed by atoms with Crippen LogP contribution >= 0.6 is 0 Å². The lowest BCUT2D eigenvalue weighted by atomic mass is 9.91. The van der Waals surface area contributed by atoms with Crippen molar-refractivity contribution >= 4 is 17.8 Å². The molecule has 1 saturated heterocycles. The number of phenolic OH excluding ortho intramolecular Hbond substituents is 1. The predicted octanol–water partition coefficient (Wildman–Crippen LogP) is 4.58. The summed E-state index contributed by atoms with van der Waals surface area (Å²) < 4.78 is 10.8. The smallest absolute Gasteiger partial charge is 0.337 e. The van der Waals surface area contributed by atoms with E-state index in [0.717, 1.165) is 18.7 Å². The molecular weight excluding hydrogens is 406 g/mol. The van der Waals surface area contributed by atoms with Crippen molar-refractivity contribution in [1.29, 1.82) is 0 Å². The number of aryl methyl sites for hydroxylation is 1. The second-order valence-corrected chi connectivity index (χ2v) is 9.09. The number of piperidine rings is 1. The summed E-state index contributed by atoms with van der Waals surface area (Å²) in [4.78, 5) is 27.1. The normalized spacial score (nSPS) is 22.0. The number of rotatable bonds is 4. The largest absolute Gasteiger partial charge is 0.507 e. The Labute approximate surface area is 188 Å². The van der Waals surface area contributed by atoms with E-state index in [0.29, 0.717) is 46.4 Å². The van der Waals surface area contributed by atoms with Crippen molar-refractivity contribution in [3.63, 3.8) is 0 Å². The van der Waals surface area contributed by atoms with Gasteiger partial charge in [-0.3, -0.25) is 9.69 Å². The van der Waals surface area contributed by atoms with Crippen LogP contribution in [0.2, 0.25) is 0 Å². The molecular formula is C26H29NO5. The first-order valence-corrected chi connectivity index (χ1v) is 11.0. The number of carbonyl (C=O) groups excluding carboxylic acids is 2. The van der Waals surface area contributed by atoms with Crippen molar-refractivity contribution in [2.45, 2.75) is 33.7 Å². The molecule has 6 nitrogen and oxygen atoms in total. The zero-order chi connectivity index (χ0) is 23.0. The molecule has 168 valence electrons. The summed E-state index contributed by atoms with van der Waals surface area (Å²) in [5, 5.41) is 10.7. The minimum absolute atomic E-state index is 0.156. The van der Waals surface area contributed by atoms with Crippen LogP contribution in [0.25, 0.3) is 6.08 Å². The van der Waals surface area contributed by atoms with Crippen LogP contribution in [-0.4, -0.2) is 42.0 Å². The predicted molar refractivity (Wildman–Crippen MR) is 122 cm³/mol. The lowest BCUT2D eigenvalue weighted by Crippen LogP contribution is -2.38. The topological polar surface area (TPSA) is 76.1 Å². The van der Waals surface area contributed by atoms with E-state index in [1.807, 2.05) is 6.92 Å².